The second kappa shape index (κ2) is 12.8. The largest absolute Gasteiger partial charge is 0.375 e. The number of carbonyl (C=O) groups excluding carboxylic acids is 1. The lowest BCUT2D eigenvalue weighted by Gasteiger charge is -2.23. The summed E-state index contributed by atoms with van der Waals surface area (Å²) >= 11 is 1.56. The van der Waals surface area contributed by atoms with Crippen molar-refractivity contribution in [3.63, 3.8) is 0 Å². The zero-order valence-corrected chi connectivity index (χ0v) is 20.7. The van der Waals surface area contributed by atoms with Gasteiger partial charge >= 0.3 is 0 Å². The quantitative estimate of drug-likeness (QED) is 0.285. The van der Waals surface area contributed by atoms with E-state index in [0.717, 1.165) is 16.3 Å². The molecule has 0 bridgehead atoms. The molecule has 0 aliphatic heterocycles. The Labute approximate surface area is 197 Å². The van der Waals surface area contributed by atoms with Crippen molar-refractivity contribution in [2.45, 2.75) is 26.0 Å². The number of primary amides is 1. The first kappa shape index (κ1) is 26.2. The maximum atomic E-state index is 13.1. The first-order valence-corrected chi connectivity index (χ1v) is 10.1. The molecule has 10 heteroatoms. The number of amides is 1. The smallest absolute Gasteiger partial charge is 0.222 e. The van der Waals surface area contributed by atoms with Crippen LogP contribution < -0.4 is 11.1 Å². The third-order valence-electron chi connectivity index (χ3n) is 4.55. The Bertz CT molecular complexity index is 831. The number of thiazole rings is 1. The number of carbonyl (C=O) groups is 1. The predicted octanol–water partition coefficient (Wildman–Crippen LogP) is 2.96. The number of nitrogens with one attached hydrogen (secondary N) is 1. The zero-order chi connectivity index (χ0) is 21.4. The van der Waals surface area contributed by atoms with Crippen LogP contribution in [0.2, 0.25) is 0 Å². The van der Waals surface area contributed by atoms with E-state index in [4.69, 9.17) is 10.5 Å². The van der Waals surface area contributed by atoms with Gasteiger partial charge in [-0.1, -0.05) is 12.1 Å². The summed E-state index contributed by atoms with van der Waals surface area (Å²) in [5, 5.41) is 6.11. The van der Waals surface area contributed by atoms with Crippen molar-refractivity contribution in [3.05, 3.63) is 51.7 Å². The molecule has 2 aromatic rings. The SMILES string of the molecule is CN=C(NCC(Cc1ccc(F)cc1)C(N)=O)N(C)Cc1csc(C(C)OC)n1.I. The lowest BCUT2D eigenvalue weighted by molar-refractivity contribution is -0.121. The number of benzene rings is 1. The number of halogens is 2. The number of aliphatic imine (C=N–C) groups is 1. The van der Waals surface area contributed by atoms with E-state index < -0.39 is 11.8 Å². The minimum Gasteiger partial charge on any atom is -0.375 e. The van der Waals surface area contributed by atoms with Gasteiger partial charge in [0.25, 0.3) is 0 Å². The highest BCUT2D eigenvalue weighted by molar-refractivity contribution is 14.0. The highest BCUT2D eigenvalue weighted by Crippen LogP contribution is 2.21. The minimum atomic E-state index is -0.445. The van der Waals surface area contributed by atoms with Gasteiger partial charge in [-0.3, -0.25) is 9.79 Å². The maximum Gasteiger partial charge on any atom is 0.222 e. The maximum absolute atomic E-state index is 13.1. The summed E-state index contributed by atoms with van der Waals surface area (Å²) in [4.78, 5) is 22.6. The van der Waals surface area contributed by atoms with Gasteiger partial charge in [-0.15, -0.1) is 35.3 Å². The Hall–Kier alpha value is -1.79. The number of hydrogen-bond acceptors (Lipinski definition) is 5. The third kappa shape index (κ3) is 7.80. The molecule has 3 N–H and O–H groups in total. The fraction of sp³-hybridized carbons (Fsp3) is 0.450. The van der Waals surface area contributed by atoms with Crippen LogP contribution in [0.4, 0.5) is 4.39 Å². The van der Waals surface area contributed by atoms with E-state index >= 15 is 0 Å². The van der Waals surface area contributed by atoms with Gasteiger partial charge in [0, 0.05) is 33.1 Å². The number of rotatable bonds is 9. The highest BCUT2D eigenvalue weighted by atomic mass is 127. The number of nitrogens with two attached hydrogens (primary N) is 1. The standard InChI is InChI=1S/C20H28FN5O2S.HI/c1-13(28-4)19-25-17(12-29-19)11-26(3)20(23-2)24-10-15(18(22)27)9-14-5-7-16(21)8-6-14;/h5-8,12-13,15H,9-11H2,1-4H3,(H2,22,27)(H,23,24);1H. The molecule has 30 heavy (non-hydrogen) atoms. The number of ether oxygens (including phenoxy) is 1. The van der Waals surface area contributed by atoms with Crippen molar-refractivity contribution in [3.8, 4) is 0 Å². The Balaban J connectivity index is 0.00000450. The molecule has 2 unspecified atom stereocenters. The van der Waals surface area contributed by atoms with Crippen LogP contribution in [0.25, 0.3) is 0 Å². The van der Waals surface area contributed by atoms with Crippen molar-refractivity contribution in [2.24, 2.45) is 16.6 Å². The lowest BCUT2D eigenvalue weighted by Crippen LogP contribution is -2.43. The van der Waals surface area contributed by atoms with Crippen LogP contribution in [0.3, 0.4) is 0 Å². The third-order valence-corrected chi connectivity index (χ3v) is 5.60. The van der Waals surface area contributed by atoms with E-state index in [1.54, 1.807) is 37.6 Å². The molecule has 1 aromatic carbocycles. The van der Waals surface area contributed by atoms with Crippen LogP contribution in [0.15, 0.2) is 34.6 Å². The summed E-state index contributed by atoms with van der Waals surface area (Å²) in [6.07, 6.45) is 0.382. The predicted molar refractivity (Wildman–Crippen MR) is 129 cm³/mol. The zero-order valence-electron chi connectivity index (χ0n) is 17.6. The minimum absolute atomic E-state index is 0. The number of methoxy groups -OCH3 is 1. The summed E-state index contributed by atoms with van der Waals surface area (Å²) in [7, 11) is 5.23. The average molecular weight is 549 g/mol. The second-order valence-corrected chi connectivity index (χ2v) is 7.66. The van der Waals surface area contributed by atoms with E-state index in [1.165, 1.54) is 12.1 Å². The van der Waals surface area contributed by atoms with Gasteiger partial charge in [0.15, 0.2) is 5.96 Å². The van der Waals surface area contributed by atoms with Crippen LogP contribution in [-0.2, 0) is 22.5 Å². The summed E-state index contributed by atoms with van der Waals surface area (Å²) < 4.78 is 18.4. The van der Waals surface area contributed by atoms with Crippen molar-refractivity contribution < 1.29 is 13.9 Å². The Morgan fingerprint density at radius 1 is 1.40 bits per heavy atom. The molecule has 0 radical (unpaired) electrons. The average Bonchev–Trinajstić information content (AvgIpc) is 3.16. The Morgan fingerprint density at radius 3 is 2.63 bits per heavy atom. The molecule has 0 spiro atoms. The molecule has 0 saturated heterocycles. The summed E-state index contributed by atoms with van der Waals surface area (Å²) in [5.41, 5.74) is 7.32. The van der Waals surface area contributed by atoms with E-state index in [1.807, 2.05) is 24.3 Å². The van der Waals surface area contributed by atoms with Crippen LogP contribution in [0.1, 0.15) is 29.3 Å². The number of hydrogen-bond donors (Lipinski definition) is 2. The first-order valence-electron chi connectivity index (χ1n) is 9.26. The van der Waals surface area contributed by atoms with E-state index in [-0.39, 0.29) is 35.9 Å². The second-order valence-electron chi connectivity index (χ2n) is 6.77. The van der Waals surface area contributed by atoms with Crippen LogP contribution in [0.5, 0.6) is 0 Å². The molecule has 2 rings (SSSR count). The molecule has 0 aliphatic carbocycles. The summed E-state index contributed by atoms with van der Waals surface area (Å²) in [6, 6.07) is 6.07. The molecular formula is C20H29FIN5O2S. The Morgan fingerprint density at radius 2 is 2.07 bits per heavy atom. The van der Waals surface area contributed by atoms with Gasteiger partial charge in [0.2, 0.25) is 5.91 Å². The van der Waals surface area contributed by atoms with Gasteiger partial charge in [0.05, 0.1) is 18.2 Å². The fourth-order valence-corrected chi connectivity index (χ4v) is 3.62. The first-order chi connectivity index (χ1) is 13.8. The topological polar surface area (TPSA) is 92.8 Å². The van der Waals surface area contributed by atoms with E-state index in [2.05, 4.69) is 15.3 Å². The fourth-order valence-electron chi connectivity index (χ4n) is 2.78. The van der Waals surface area contributed by atoms with Gasteiger partial charge in [-0.2, -0.15) is 0 Å². The van der Waals surface area contributed by atoms with Crippen LogP contribution in [-0.4, -0.2) is 49.5 Å². The normalized spacial score (nSPS) is 13.3. The summed E-state index contributed by atoms with van der Waals surface area (Å²) in [6.45, 7) is 2.84. The van der Waals surface area contributed by atoms with Gasteiger partial charge in [-0.05, 0) is 31.0 Å². The molecule has 0 aliphatic rings. The van der Waals surface area contributed by atoms with Crippen LogP contribution >= 0.6 is 35.3 Å². The number of guanidine groups is 1. The monoisotopic (exact) mass is 549 g/mol. The molecule has 0 fully saturated rings. The van der Waals surface area contributed by atoms with Crippen molar-refractivity contribution in [1.29, 1.82) is 0 Å². The van der Waals surface area contributed by atoms with E-state index in [0.29, 0.717) is 25.5 Å². The van der Waals surface area contributed by atoms with Crippen molar-refractivity contribution in [1.82, 2.24) is 15.2 Å². The number of aromatic nitrogens is 1. The molecule has 7 nitrogen and oxygen atoms in total. The summed E-state index contributed by atoms with van der Waals surface area (Å²) in [5.74, 6) is -0.545. The lowest BCUT2D eigenvalue weighted by atomic mass is 9.98. The number of nitrogens with zero attached hydrogens (tertiary/aromatic N) is 3. The molecular weight excluding hydrogens is 520 g/mol. The molecule has 166 valence electrons. The molecule has 1 aromatic heterocycles. The van der Waals surface area contributed by atoms with Crippen molar-refractivity contribution >= 4 is 47.2 Å². The van der Waals surface area contributed by atoms with Gasteiger partial charge in [-0.25, -0.2) is 9.37 Å². The Kier molecular flexibility index (Phi) is 11.2. The van der Waals surface area contributed by atoms with E-state index in [9.17, 15) is 9.18 Å². The molecule has 1 heterocycles. The molecule has 1 amide bonds. The molecule has 2 atom stereocenters. The highest BCUT2D eigenvalue weighted by Gasteiger charge is 2.18. The van der Waals surface area contributed by atoms with Crippen LogP contribution in [0, 0.1) is 11.7 Å². The van der Waals surface area contributed by atoms with Gasteiger partial charge in [0.1, 0.15) is 16.9 Å². The van der Waals surface area contributed by atoms with Crippen molar-refractivity contribution in [2.75, 3.05) is 27.7 Å². The molecule has 0 saturated carbocycles. The van der Waals surface area contributed by atoms with Gasteiger partial charge < -0.3 is 20.7 Å².